The number of imidazole rings is 1. The molecule has 0 aliphatic carbocycles. The zero-order valence-corrected chi connectivity index (χ0v) is 17.2. The highest BCUT2D eigenvalue weighted by Crippen LogP contribution is 2.14. The number of nitrogens with zero attached hydrogens (tertiary/aromatic N) is 3. The Hall–Kier alpha value is -1.89. The molecule has 0 atom stereocenters. The maximum atomic E-state index is 8.74. The van der Waals surface area contributed by atoms with Crippen molar-refractivity contribution in [2.24, 2.45) is 0 Å². The zero-order valence-electron chi connectivity index (χ0n) is 15.5. The van der Waals surface area contributed by atoms with Crippen molar-refractivity contribution in [2.45, 2.75) is 19.5 Å². The van der Waals surface area contributed by atoms with Gasteiger partial charge in [0, 0.05) is 32.7 Å². The number of aromatic nitrogens is 2. The predicted octanol–water partition coefficient (Wildman–Crippen LogP) is 3.08. The lowest BCUT2D eigenvalue weighted by Gasteiger charge is -2.26. The van der Waals surface area contributed by atoms with Crippen molar-refractivity contribution in [1.82, 2.24) is 14.0 Å². The molecule has 3 aromatic rings. The van der Waals surface area contributed by atoms with Gasteiger partial charge in [0.05, 0.1) is 24.2 Å². The number of aryl methyl sites for hydroxylation is 2. The van der Waals surface area contributed by atoms with E-state index in [-0.39, 0.29) is 17.0 Å². The highest BCUT2D eigenvalue weighted by molar-refractivity contribution is 8.93. The van der Waals surface area contributed by atoms with Gasteiger partial charge in [0.25, 0.3) is 0 Å². The molecule has 1 N–H and O–H groups in total. The van der Waals surface area contributed by atoms with Gasteiger partial charge in [-0.05, 0) is 24.1 Å². The lowest BCUT2D eigenvalue weighted by Crippen LogP contribution is -2.39. The number of nitrogens with one attached hydrogen (secondary N) is 1. The first-order chi connectivity index (χ1) is 12.8. The van der Waals surface area contributed by atoms with Crippen LogP contribution in [0.25, 0.3) is 11.0 Å². The van der Waals surface area contributed by atoms with E-state index in [4.69, 9.17) is 10.1 Å². The summed E-state index contributed by atoms with van der Waals surface area (Å²) in [6.45, 7) is 6.24. The fraction of sp³-hybridized carbons (Fsp3) is 0.381. The molecule has 0 spiro atoms. The van der Waals surface area contributed by atoms with Gasteiger partial charge in [-0.1, -0.05) is 42.5 Å². The van der Waals surface area contributed by atoms with Crippen LogP contribution in [-0.4, -0.2) is 46.9 Å². The molecule has 2 heterocycles. The molecule has 0 amide bonds. The van der Waals surface area contributed by atoms with Crippen molar-refractivity contribution in [3.63, 3.8) is 0 Å². The average molecular weight is 431 g/mol. The van der Waals surface area contributed by atoms with E-state index >= 15 is 0 Å². The highest BCUT2D eigenvalue weighted by atomic mass is 79.9. The van der Waals surface area contributed by atoms with Gasteiger partial charge in [0.1, 0.15) is 0 Å². The van der Waals surface area contributed by atoms with Crippen molar-refractivity contribution in [2.75, 3.05) is 32.8 Å². The van der Waals surface area contributed by atoms with Crippen LogP contribution in [0.2, 0.25) is 0 Å². The predicted molar refractivity (Wildman–Crippen MR) is 114 cm³/mol. The third kappa shape index (κ3) is 4.51. The molecule has 2 aromatic carbocycles. The van der Waals surface area contributed by atoms with E-state index in [1.807, 2.05) is 6.07 Å². The summed E-state index contributed by atoms with van der Waals surface area (Å²) in [7, 11) is 0. The summed E-state index contributed by atoms with van der Waals surface area (Å²) in [5, 5.41) is 8.74. The summed E-state index contributed by atoms with van der Waals surface area (Å²) in [5.74, 6) is 0. The van der Waals surface area contributed by atoms with Crippen LogP contribution in [-0.2, 0) is 24.2 Å². The molecule has 1 fully saturated rings. The van der Waals surface area contributed by atoms with Gasteiger partial charge in [-0.2, -0.15) is 0 Å². The van der Waals surface area contributed by atoms with E-state index in [2.05, 4.69) is 62.6 Å². The molecule has 1 aromatic heterocycles. The average Bonchev–Trinajstić information content (AvgIpc) is 2.97. The first-order valence-corrected chi connectivity index (χ1v) is 9.39. The summed E-state index contributed by atoms with van der Waals surface area (Å²) < 4.78 is 9.72. The molecular weight excluding hydrogens is 404 g/mol. The Morgan fingerprint density at radius 2 is 1.37 bits per heavy atom. The molecule has 1 aliphatic rings. The van der Waals surface area contributed by atoms with Gasteiger partial charge in [-0.25, -0.2) is 0 Å². The number of ether oxygens (including phenoxy) is 1. The van der Waals surface area contributed by atoms with Crippen LogP contribution >= 0.6 is 17.0 Å². The first kappa shape index (κ1) is 19.9. The topological polar surface area (TPSA) is 46.2 Å². The monoisotopic (exact) mass is 430 g/mol. The van der Waals surface area contributed by atoms with Crippen LogP contribution in [0, 0.1) is 5.41 Å². The number of fused-ring (bicyclic) bond motifs is 1. The van der Waals surface area contributed by atoms with Gasteiger partial charge in [-0.15, -0.1) is 17.0 Å². The van der Waals surface area contributed by atoms with E-state index in [1.165, 1.54) is 5.56 Å². The molecule has 0 radical (unpaired) electrons. The molecule has 0 saturated carbocycles. The summed E-state index contributed by atoms with van der Waals surface area (Å²) in [5.41, 5.74) is 4.20. The van der Waals surface area contributed by atoms with Crippen molar-refractivity contribution < 1.29 is 4.74 Å². The standard InChI is InChI=1S/C21H26N4O.BrH/c22-21-24(11-10-18-6-2-1-3-7-18)19-8-4-5-9-20(19)25(21)13-12-23-14-16-26-17-15-23;/h1-9,22H,10-17H2;1H. The second kappa shape index (κ2) is 9.35. The van der Waals surface area contributed by atoms with Gasteiger partial charge in [0.2, 0.25) is 5.62 Å². The normalized spacial score (nSPS) is 15.0. The van der Waals surface area contributed by atoms with Crippen molar-refractivity contribution in [1.29, 1.82) is 5.41 Å². The quantitative estimate of drug-likeness (QED) is 0.652. The van der Waals surface area contributed by atoms with Crippen molar-refractivity contribution in [3.8, 4) is 0 Å². The molecule has 1 saturated heterocycles. The Labute approximate surface area is 170 Å². The van der Waals surface area contributed by atoms with Gasteiger partial charge >= 0.3 is 0 Å². The van der Waals surface area contributed by atoms with Gasteiger partial charge in [0.15, 0.2) is 0 Å². The zero-order chi connectivity index (χ0) is 17.8. The van der Waals surface area contributed by atoms with E-state index in [0.29, 0.717) is 5.62 Å². The molecule has 27 heavy (non-hydrogen) atoms. The number of para-hydroxylation sites is 2. The smallest absolute Gasteiger partial charge is 0.203 e. The number of benzene rings is 2. The fourth-order valence-electron chi connectivity index (χ4n) is 3.70. The molecule has 1 aliphatic heterocycles. The van der Waals surface area contributed by atoms with Crippen LogP contribution < -0.4 is 5.62 Å². The van der Waals surface area contributed by atoms with E-state index in [9.17, 15) is 0 Å². The summed E-state index contributed by atoms with van der Waals surface area (Å²) in [6.07, 6.45) is 0.939. The van der Waals surface area contributed by atoms with Crippen LogP contribution in [0.4, 0.5) is 0 Å². The van der Waals surface area contributed by atoms with Crippen LogP contribution in [0.15, 0.2) is 54.6 Å². The number of rotatable bonds is 6. The van der Waals surface area contributed by atoms with E-state index in [1.54, 1.807) is 0 Å². The second-order valence-corrected chi connectivity index (χ2v) is 6.81. The summed E-state index contributed by atoms with van der Waals surface area (Å²) >= 11 is 0. The highest BCUT2D eigenvalue weighted by Gasteiger charge is 2.14. The van der Waals surface area contributed by atoms with Crippen LogP contribution in [0.3, 0.4) is 0 Å². The van der Waals surface area contributed by atoms with Crippen LogP contribution in [0.5, 0.6) is 0 Å². The maximum absolute atomic E-state index is 8.74. The van der Waals surface area contributed by atoms with Gasteiger partial charge in [-0.3, -0.25) is 10.3 Å². The number of halogens is 1. The van der Waals surface area contributed by atoms with Crippen molar-refractivity contribution in [3.05, 3.63) is 65.8 Å². The number of hydrogen-bond donors (Lipinski definition) is 1. The molecule has 0 bridgehead atoms. The maximum Gasteiger partial charge on any atom is 0.203 e. The SMILES string of the molecule is Br.N=c1n(CCc2ccccc2)c2ccccc2n1CCN1CCOCC1. The molecule has 144 valence electrons. The molecule has 5 nitrogen and oxygen atoms in total. The molecular formula is C21H27BrN4O. The Morgan fingerprint density at radius 1 is 0.778 bits per heavy atom. The minimum Gasteiger partial charge on any atom is -0.379 e. The number of hydrogen-bond acceptors (Lipinski definition) is 3. The van der Waals surface area contributed by atoms with E-state index in [0.717, 1.165) is 63.4 Å². The Bertz CT molecular complexity index is 913. The summed E-state index contributed by atoms with van der Waals surface area (Å²) in [4.78, 5) is 2.42. The fourth-order valence-corrected chi connectivity index (χ4v) is 3.70. The Kier molecular flexibility index (Phi) is 6.88. The third-order valence-corrected chi connectivity index (χ3v) is 5.19. The lowest BCUT2D eigenvalue weighted by molar-refractivity contribution is 0.0363. The third-order valence-electron chi connectivity index (χ3n) is 5.19. The first-order valence-electron chi connectivity index (χ1n) is 9.39. The number of morpholine rings is 1. The Balaban J connectivity index is 0.00000210. The lowest BCUT2D eigenvalue weighted by atomic mass is 10.1. The second-order valence-electron chi connectivity index (χ2n) is 6.81. The van der Waals surface area contributed by atoms with Crippen LogP contribution in [0.1, 0.15) is 5.56 Å². The molecule has 4 rings (SSSR count). The minimum atomic E-state index is 0. The summed E-state index contributed by atoms with van der Waals surface area (Å²) in [6, 6.07) is 18.9. The molecule has 6 heteroatoms. The largest absolute Gasteiger partial charge is 0.379 e. The Morgan fingerprint density at radius 3 is 2.04 bits per heavy atom. The van der Waals surface area contributed by atoms with Crippen molar-refractivity contribution >= 4 is 28.0 Å². The minimum absolute atomic E-state index is 0. The van der Waals surface area contributed by atoms with E-state index < -0.39 is 0 Å². The van der Waals surface area contributed by atoms with Gasteiger partial charge < -0.3 is 13.9 Å². The molecule has 0 unspecified atom stereocenters.